The van der Waals surface area contributed by atoms with Crippen LogP contribution in [0.5, 0.6) is 5.75 Å². The monoisotopic (exact) mass is 447 g/mol. The summed E-state index contributed by atoms with van der Waals surface area (Å²) in [5, 5.41) is 6.10. The molecular formula is C27H33N3O3. The number of carbonyl (C=O) groups excluding carboxylic acids is 1. The van der Waals surface area contributed by atoms with E-state index in [4.69, 9.17) is 9.47 Å². The van der Waals surface area contributed by atoms with Gasteiger partial charge in [-0.3, -0.25) is 14.7 Å². The van der Waals surface area contributed by atoms with Crippen molar-refractivity contribution < 1.29 is 14.3 Å². The number of nitrogens with zero attached hydrogens (tertiary/aromatic N) is 2. The summed E-state index contributed by atoms with van der Waals surface area (Å²) in [5.74, 6) is 0.592. The maximum atomic E-state index is 11.8. The molecular weight excluding hydrogens is 414 g/mol. The minimum atomic E-state index is -0.493. The lowest BCUT2D eigenvalue weighted by molar-refractivity contribution is -0.153. The summed E-state index contributed by atoms with van der Waals surface area (Å²) in [6.07, 6.45) is 4.86. The Morgan fingerprint density at radius 2 is 2.00 bits per heavy atom. The molecule has 0 unspecified atom stereocenters. The van der Waals surface area contributed by atoms with E-state index in [1.807, 2.05) is 45.3 Å². The number of rotatable bonds is 8. The molecule has 0 aliphatic carbocycles. The van der Waals surface area contributed by atoms with Crippen molar-refractivity contribution >= 4 is 22.4 Å². The topological polar surface area (TPSA) is 63.7 Å². The van der Waals surface area contributed by atoms with Gasteiger partial charge in [-0.15, -0.1) is 0 Å². The summed E-state index contributed by atoms with van der Waals surface area (Å²) in [5.41, 5.74) is 1.90. The Labute approximate surface area is 195 Å². The minimum absolute atomic E-state index is 0.211. The zero-order chi connectivity index (χ0) is 23.3. The molecule has 1 aliphatic rings. The number of hydrogen-bond donors (Lipinski definition) is 1. The van der Waals surface area contributed by atoms with Crippen LogP contribution < -0.4 is 10.1 Å². The lowest BCUT2D eigenvalue weighted by Gasteiger charge is -2.19. The Morgan fingerprint density at radius 3 is 2.85 bits per heavy atom. The molecule has 33 heavy (non-hydrogen) atoms. The van der Waals surface area contributed by atoms with Crippen LogP contribution >= 0.6 is 0 Å². The number of carbonyl (C=O) groups is 1. The number of aromatic nitrogens is 1. The van der Waals surface area contributed by atoms with Crippen molar-refractivity contribution in [2.24, 2.45) is 5.41 Å². The van der Waals surface area contributed by atoms with Gasteiger partial charge in [-0.05, 0) is 57.0 Å². The van der Waals surface area contributed by atoms with Gasteiger partial charge in [0.1, 0.15) is 19.0 Å². The van der Waals surface area contributed by atoms with Crippen LogP contribution in [0.3, 0.4) is 0 Å². The van der Waals surface area contributed by atoms with E-state index in [-0.39, 0.29) is 12.6 Å². The maximum absolute atomic E-state index is 11.8. The first kappa shape index (κ1) is 23.1. The molecule has 3 aromatic rings. The Bertz CT molecular complexity index is 1090. The molecule has 1 saturated heterocycles. The predicted molar refractivity (Wildman–Crippen MR) is 131 cm³/mol. The van der Waals surface area contributed by atoms with E-state index in [2.05, 4.69) is 51.6 Å². The highest BCUT2D eigenvalue weighted by molar-refractivity contribution is 5.93. The highest BCUT2D eigenvalue weighted by Gasteiger charge is 2.24. The molecule has 6 nitrogen and oxygen atoms in total. The van der Waals surface area contributed by atoms with Crippen molar-refractivity contribution in [3.8, 4) is 5.75 Å². The summed E-state index contributed by atoms with van der Waals surface area (Å²) in [4.78, 5) is 18.5. The molecule has 0 saturated carbocycles. The highest BCUT2D eigenvalue weighted by Crippen LogP contribution is 2.25. The Hall–Kier alpha value is -3.12. The lowest BCUT2D eigenvalue weighted by Crippen LogP contribution is -2.26. The van der Waals surface area contributed by atoms with Gasteiger partial charge in [0.05, 0.1) is 5.41 Å². The smallest absolute Gasteiger partial charge is 0.311 e. The van der Waals surface area contributed by atoms with Gasteiger partial charge >= 0.3 is 5.97 Å². The summed E-state index contributed by atoms with van der Waals surface area (Å²) < 4.78 is 11.1. The SMILES string of the molecule is CC(C)(C)C(=O)OCCOc1cccc(CN2CC[C@@H](Nc3cccc4cnccc34)C2)c1. The molecule has 174 valence electrons. The van der Waals surface area contributed by atoms with E-state index in [9.17, 15) is 4.79 Å². The van der Waals surface area contributed by atoms with Gasteiger partial charge in [0.25, 0.3) is 0 Å². The molecule has 0 bridgehead atoms. The first-order valence-electron chi connectivity index (χ1n) is 11.6. The first-order chi connectivity index (χ1) is 15.9. The Morgan fingerprint density at radius 1 is 1.15 bits per heavy atom. The fourth-order valence-electron chi connectivity index (χ4n) is 4.06. The molecule has 1 aromatic heterocycles. The van der Waals surface area contributed by atoms with Gasteiger partial charge in [-0.2, -0.15) is 0 Å². The van der Waals surface area contributed by atoms with Crippen molar-refractivity contribution in [1.82, 2.24) is 9.88 Å². The number of pyridine rings is 1. The molecule has 1 atom stereocenters. The average molecular weight is 448 g/mol. The van der Waals surface area contributed by atoms with E-state index in [0.29, 0.717) is 12.6 Å². The molecule has 6 heteroatoms. The largest absolute Gasteiger partial charge is 0.490 e. The average Bonchev–Trinajstić information content (AvgIpc) is 3.23. The van der Waals surface area contributed by atoms with Crippen LogP contribution in [-0.4, -0.2) is 48.2 Å². The Balaban J connectivity index is 1.26. The summed E-state index contributed by atoms with van der Waals surface area (Å²) in [6.45, 7) is 9.07. The second-order valence-corrected chi connectivity index (χ2v) is 9.65. The van der Waals surface area contributed by atoms with Crippen LogP contribution in [0, 0.1) is 5.41 Å². The van der Waals surface area contributed by atoms with Crippen molar-refractivity contribution in [1.29, 1.82) is 0 Å². The van der Waals surface area contributed by atoms with Gasteiger partial charge in [0.15, 0.2) is 0 Å². The van der Waals surface area contributed by atoms with E-state index < -0.39 is 5.41 Å². The molecule has 0 spiro atoms. The molecule has 2 heterocycles. The van der Waals surface area contributed by atoms with Crippen molar-refractivity contribution in [2.75, 3.05) is 31.6 Å². The number of hydrogen-bond acceptors (Lipinski definition) is 6. The molecule has 1 aliphatic heterocycles. The second-order valence-electron chi connectivity index (χ2n) is 9.65. The summed E-state index contributed by atoms with van der Waals surface area (Å²) >= 11 is 0. The first-order valence-corrected chi connectivity index (χ1v) is 11.6. The van der Waals surface area contributed by atoms with E-state index in [0.717, 1.165) is 37.2 Å². The molecule has 2 aromatic carbocycles. The van der Waals surface area contributed by atoms with Crippen LogP contribution in [0.1, 0.15) is 32.8 Å². The summed E-state index contributed by atoms with van der Waals surface area (Å²) in [6, 6.07) is 17.0. The van der Waals surface area contributed by atoms with Crippen LogP contribution in [0.15, 0.2) is 60.9 Å². The number of ether oxygens (including phenoxy) is 2. The Kier molecular flexibility index (Phi) is 7.14. The molecule has 0 radical (unpaired) electrons. The van der Waals surface area contributed by atoms with Crippen molar-refractivity contribution in [2.45, 2.75) is 39.8 Å². The zero-order valence-electron chi connectivity index (χ0n) is 19.7. The van der Waals surface area contributed by atoms with Gasteiger partial charge in [0, 0.05) is 54.5 Å². The van der Waals surface area contributed by atoms with Crippen molar-refractivity contribution in [3.05, 3.63) is 66.5 Å². The van der Waals surface area contributed by atoms with Crippen LogP contribution in [0.2, 0.25) is 0 Å². The van der Waals surface area contributed by atoms with Crippen LogP contribution in [0.25, 0.3) is 10.8 Å². The zero-order valence-corrected chi connectivity index (χ0v) is 19.7. The van der Waals surface area contributed by atoms with E-state index >= 15 is 0 Å². The van der Waals surface area contributed by atoms with Crippen LogP contribution in [0.4, 0.5) is 5.69 Å². The maximum Gasteiger partial charge on any atom is 0.311 e. The van der Waals surface area contributed by atoms with Crippen molar-refractivity contribution in [3.63, 3.8) is 0 Å². The third kappa shape index (κ3) is 6.23. The third-order valence-corrected chi connectivity index (χ3v) is 5.81. The van der Waals surface area contributed by atoms with E-state index in [1.54, 1.807) is 0 Å². The lowest BCUT2D eigenvalue weighted by atomic mass is 9.97. The normalized spacial score (nSPS) is 16.6. The number of esters is 1. The second kappa shape index (κ2) is 10.2. The molecule has 0 amide bonds. The van der Waals surface area contributed by atoms with Crippen LogP contribution in [-0.2, 0) is 16.1 Å². The number of fused-ring (bicyclic) bond motifs is 1. The molecule has 4 rings (SSSR count). The highest BCUT2D eigenvalue weighted by atomic mass is 16.6. The molecule has 1 N–H and O–H groups in total. The number of anilines is 1. The number of likely N-dealkylation sites (tertiary alicyclic amines) is 1. The fourth-order valence-corrected chi connectivity index (χ4v) is 4.06. The predicted octanol–water partition coefficient (Wildman–Crippen LogP) is 4.89. The van der Waals surface area contributed by atoms with Gasteiger partial charge in [-0.25, -0.2) is 0 Å². The molecule has 1 fully saturated rings. The fraction of sp³-hybridized carbons (Fsp3) is 0.407. The quantitative estimate of drug-likeness (QED) is 0.392. The third-order valence-electron chi connectivity index (χ3n) is 5.81. The van der Waals surface area contributed by atoms with Gasteiger partial charge in [-0.1, -0.05) is 24.3 Å². The van der Waals surface area contributed by atoms with Gasteiger partial charge < -0.3 is 14.8 Å². The van der Waals surface area contributed by atoms with E-state index in [1.165, 1.54) is 16.6 Å². The number of benzene rings is 2. The summed E-state index contributed by atoms with van der Waals surface area (Å²) in [7, 11) is 0. The standard InChI is InChI=1S/C27H33N3O3/c1-27(2,3)26(31)33-15-14-32-23-8-4-6-20(16-23)18-30-13-11-22(19-30)29-25-9-5-7-21-17-28-12-10-24(21)25/h4-10,12,16-17,22,29H,11,13-15,18-19H2,1-3H3/t22-/m1/s1. The number of nitrogens with one attached hydrogen (secondary N) is 1. The minimum Gasteiger partial charge on any atom is -0.490 e. The van der Waals surface area contributed by atoms with Gasteiger partial charge in [0.2, 0.25) is 0 Å².